The van der Waals surface area contributed by atoms with E-state index in [9.17, 15) is 9.67 Å². The van der Waals surface area contributed by atoms with Crippen LogP contribution in [0.15, 0.2) is 12.2 Å². The Labute approximate surface area is 121 Å². The molecule has 0 aromatic heterocycles. The first-order chi connectivity index (χ1) is 8.83. The first-order valence-electron chi connectivity index (χ1n) is 6.57. The standard InChI is InChI=1S/C13H27O6P/c1-7-13(6,11(14)10(2)3)18-9-8-12(4,5)19-20(15,16)17/h11,14H,2,7-9H2,1,3-6H3,(H2,15,16,17). The van der Waals surface area contributed by atoms with Crippen LogP contribution in [0, 0.1) is 0 Å². The number of hydrogen-bond donors (Lipinski definition) is 3. The summed E-state index contributed by atoms with van der Waals surface area (Å²) in [5.41, 5.74) is -1.17. The van der Waals surface area contributed by atoms with E-state index in [4.69, 9.17) is 14.5 Å². The Morgan fingerprint density at radius 2 is 1.85 bits per heavy atom. The van der Waals surface area contributed by atoms with Crippen molar-refractivity contribution in [3.8, 4) is 0 Å². The minimum absolute atomic E-state index is 0.210. The van der Waals surface area contributed by atoms with Crippen molar-refractivity contribution in [2.75, 3.05) is 6.61 Å². The van der Waals surface area contributed by atoms with E-state index < -0.39 is 25.1 Å². The fourth-order valence-corrected chi connectivity index (χ4v) is 2.53. The van der Waals surface area contributed by atoms with Gasteiger partial charge in [0.2, 0.25) is 0 Å². The Bertz CT molecular complexity index is 375. The number of phosphoric ester groups is 1. The zero-order chi connectivity index (χ0) is 16.2. The van der Waals surface area contributed by atoms with Crippen LogP contribution >= 0.6 is 7.82 Å². The van der Waals surface area contributed by atoms with E-state index in [1.165, 1.54) is 0 Å². The molecule has 2 unspecified atom stereocenters. The summed E-state index contributed by atoms with van der Waals surface area (Å²) in [7, 11) is -4.53. The highest BCUT2D eigenvalue weighted by atomic mass is 31.2. The lowest BCUT2D eigenvalue weighted by Crippen LogP contribution is -2.43. The molecule has 0 aliphatic rings. The van der Waals surface area contributed by atoms with Gasteiger partial charge in [0.25, 0.3) is 0 Å². The van der Waals surface area contributed by atoms with E-state index in [1.807, 2.05) is 6.92 Å². The van der Waals surface area contributed by atoms with Crippen molar-refractivity contribution < 1.29 is 28.7 Å². The van der Waals surface area contributed by atoms with Gasteiger partial charge < -0.3 is 19.6 Å². The van der Waals surface area contributed by atoms with Gasteiger partial charge in [-0.3, -0.25) is 4.52 Å². The fourth-order valence-electron chi connectivity index (χ4n) is 1.79. The third-order valence-corrected chi connectivity index (χ3v) is 3.98. The Kier molecular flexibility index (Phi) is 7.08. The van der Waals surface area contributed by atoms with Crippen molar-refractivity contribution in [2.24, 2.45) is 0 Å². The molecule has 0 bridgehead atoms. The van der Waals surface area contributed by atoms with Crippen LogP contribution in [0.3, 0.4) is 0 Å². The summed E-state index contributed by atoms with van der Waals surface area (Å²) >= 11 is 0. The summed E-state index contributed by atoms with van der Waals surface area (Å²) in [5, 5.41) is 10.1. The van der Waals surface area contributed by atoms with E-state index in [-0.39, 0.29) is 13.0 Å². The molecule has 0 spiro atoms. The van der Waals surface area contributed by atoms with Crippen molar-refractivity contribution in [3.63, 3.8) is 0 Å². The lowest BCUT2D eigenvalue weighted by atomic mass is 9.91. The smallest absolute Gasteiger partial charge is 0.386 e. The van der Waals surface area contributed by atoms with E-state index in [0.29, 0.717) is 12.0 Å². The number of aliphatic hydroxyl groups is 1. The van der Waals surface area contributed by atoms with Crippen LogP contribution in [0.5, 0.6) is 0 Å². The van der Waals surface area contributed by atoms with Gasteiger partial charge in [-0.2, -0.15) is 0 Å². The van der Waals surface area contributed by atoms with E-state index in [1.54, 1.807) is 27.7 Å². The Morgan fingerprint density at radius 1 is 1.35 bits per heavy atom. The average molecular weight is 310 g/mol. The molecular formula is C13H27O6P. The normalized spacial score (nSPS) is 17.6. The second-order valence-electron chi connectivity index (χ2n) is 5.86. The highest BCUT2D eigenvalue weighted by molar-refractivity contribution is 7.46. The molecule has 20 heavy (non-hydrogen) atoms. The molecule has 0 rings (SSSR count). The molecule has 3 N–H and O–H groups in total. The topological polar surface area (TPSA) is 96.2 Å². The van der Waals surface area contributed by atoms with Gasteiger partial charge in [-0.05, 0) is 46.1 Å². The predicted octanol–water partition coefficient (Wildman–Crippen LogP) is 2.39. The number of rotatable bonds is 9. The number of hydrogen-bond acceptors (Lipinski definition) is 4. The molecule has 0 heterocycles. The molecule has 0 amide bonds. The zero-order valence-electron chi connectivity index (χ0n) is 12.9. The minimum Gasteiger partial charge on any atom is -0.386 e. The van der Waals surface area contributed by atoms with Crippen molar-refractivity contribution in [3.05, 3.63) is 12.2 Å². The van der Waals surface area contributed by atoms with Gasteiger partial charge in [0.05, 0.1) is 17.8 Å². The lowest BCUT2D eigenvalue weighted by molar-refractivity contribution is -0.111. The molecule has 7 heteroatoms. The van der Waals surface area contributed by atoms with Gasteiger partial charge in [-0.25, -0.2) is 4.57 Å². The highest BCUT2D eigenvalue weighted by Crippen LogP contribution is 2.42. The SMILES string of the molecule is C=C(C)C(O)C(C)(CC)OCCC(C)(C)OP(=O)(O)O. The third-order valence-electron chi connectivity index (χ3n) is 3.25. The summed E-state index contributed by atoms with van der Waals surface area (Å²) in [6.07, 6.45) is 0.0792. The van der Waals surface area contributed by atoms with Gasteiger partial charge in [-0.1, -0.05) is 13.5 Å². The Hall–Kier alpha value is -0.230. The molecule has 0 aromatic rings. The predicted molar refractivity (Wildman–Crippen MR) is 77.3 cm³/mol. The average Bonchev–Trinajstić information content (AvgIpc) is 2.23. The van der Waals surface area contributed by atoms with E-state index in [2.05, 4.69) is 11.1 Å². The molecule has 0 aliphatic heterocycles. The van der Waals surface area contributed by atoms with E-state index >= 15 is 0 Å². The van der Waals surface area contributed by atoms with Crippen molar-refractivity contribution in [2.45, 2.75) is 64.8 Å². The monoisotopic (exact) mass is 310 g/mol. The van der Waals surface area contributed by atoms with Gasteiger partial charge >= 0.3 is 7.82 Å². The molecule has 0 radical (unpaired) electrons. The zero-order valence-corrected chi connectivity index (χ0v) is 13.8. The summed E-state index contributed by atoms with van der Waals surface area (Å²) in [4.78, 5) is 17.6. The van der Waals surface area contributed by atoms with Crippen molar-refractivity contribution >= 4 is 7.82 Å². The van der Waals surface area contributed by atoms with Crippen LogP contribution in [-0.4, -0.2) is 38.8 Å². The van der Waals surface area contributed by atoms with Crippen molar-refractivity contribution in [1.29, 1.82) is 0 Å². The molecule has 6 nitrogen and oxygen atoms in total. The van der Waals surface area contributed by atoms with Gasteiger partial charge in [-0.15, -0.1) is 0 Å². The molecule has 2 atom stereocenters. The first kappa shape index (κ1) is 19.8. The Morgan fingerprint density at radius 3 is 2.20 bits per heavy atom. The van der Waals surface area contributed by atoms with Crippen molar-refractivity contribution in [1.82, 2.24) is 0 Å². The van der Waals surface area contributed by atoms with Gasteiger partial charge in [0.15, 0.2) is 0 Å². The van der Waals surface area contributed by atoms with Crippen LogP contribution in [0.4, 0.5) is 0 Å². The molecule has 0 aromatic carbocycles. The maximum absolute atomic E-state index is 10.8. The van der Waals surface area contributed by atoms with Gasteiger partial charge in [0.1, 0.15) is 6.10 Å². The summed E-state index contributed by atoms with van der Waals surface area (Å²) in [6.45, 7) is 12.5. The Balaban J connectivity index is 4.54. The highest BCUT2D eigenvalue weighted by Gasteiger charge is 2.34. The number of aliphatic hydroxyl groups excluding tert-OH is 1. The number of ether oxygens (including phenoxy) is 1. The molecule has 0 fully saturated rings. The van der Waals surface area contributed by atoms with Crippen LogP contribution in [0.25, 0.3) is 0 Å². The first-order valence-corrected chi connectivity index (χ1v) is 8.10. The van der Waals surface area contributed by atoms with Crippen LogP contribution in [-0.2, 0) is 13.8 Å². The van der Waals surface area contributed by atoms with Crippen LogP contribution in [0.1, 0.15) is 47.5 Å². The largest absolute Gasteiger partial charge is 0.470 e. The minimum atomic E-state index is -4.53. The molecule has 0 aliphatic carbocycles. The molecule has 0 saturated carbocycles. The fraction of sp³-hybridized carbons (Fsp3) is 0.846. The second-order valence-corrected chi connectivity index (χ2v) is 7.02. The summed E-state index contributed by atoms with van der Waals surface area (Å²) < 4.78 is 21.2. The van der Waals surface area contributed by atoms with Crippen LogP contribution < -0.4 is 0 Å². The van der Waals surface area contributed by atoms with Crippen LogP contribution in [0.2, 0.25) is 0 Å². The maximum atomic E-state index is 10.8. The summed E-state index contributed by atoms with van der Waals surface area (Å²) in [6, 6.07) is 0. The summed E-state index contributed by atoms with van der Waals surface area (Å²) in [5.74, 6) is 0. The van der Waals surface area contributed by atoms with E-state index in [0.717, 1.165) is 0 Å². The maximum Gasteiger partial charge on any atom is 0.470 e. The lowest BCUT2D eigenvalue weighted by Gasteiger charge is -2.35. The quantitative estimate of drug-likeness (QED) is 0.447. The molecular weight excluding hydrogens is 283 g/mol. The number of phosphoric acid groups is 1. The third kappa shape index (κ3) is 6.97. The second kappa shape index (κ2) is 7.16. The van der Waals surface area contributed by atoms with Gasteiger partial charge in [0, 0.05) is 0 Å². The molecule has 0 saturated heterocycles. The molecule has 120 valence electrons.